The molecule has 0 aliphatic rings. The third-order valence-electron chi connectivity index (χ3n) is 3.45. The Morgan fingerprint density at radius 2 is 1.67 bits per heavy atom. The van der Waals surface area contributed by atoms with Crippen LogP contribution < -0.4 is 5.32 Å². The van der Waals surface area contributed by atoms with Crippen molar-refractivity contribution in [1.29, 1.82) is 0 Å². The third-order valence-corrected chi connectivity index (χ3v) is 3.45. The number of hydrogen-bond donors (Lipinski definition) is 1. The molecule has 3 aromatic rings. The Morgan fingerprint density at radius 3 is 2.38 bits per heavy atom. The van der Waals surface area contributed by atoms with Gasteiger partial charge in [-0.15, -0.1) is 0 Å². The molecular weight excluding hydrogens is 300 g/mol. The Labute approximate surface area is 140 Å². The molecule has 24 heavy (non-hydrogen) atoms. The highest BCUT2D eigenvalue weighted by atomic mass is 16.1. The SMILES string of the molecule is O=C(C=Cc1cnccn1)NC(c1ccccc1)c1ccncc1. The van der Waals surface area contributed by atoms with Crippen molar-refractivity contribution >= 4 is 12.0 Å². The van der Waals surface area contributed by atoms with Crippen molar-refractivity contribution in [3.63, 3.8) is 0 Å². The van der Waals surface area contributed by atoms with Crippen LogP contribution in [0.4, 0.5) is 0 Å². The number of benzene rings is 1. The van der Waals surface area contributed by atoms with Gasteiger partial charge in [-0.1, -0.05) is 30.3 Å². The van der Waals surface area contributed by atoms with Gasteiger partial charge in [0.05, 0.1) is 17.9 Å². The van der Waals surface area contributed by atoms with Crippen molar-refractivity contribution in [2.75, 3.05) is 0 Å². The normalized spacial score (nSPS) is 12.0. The van der Waals surface area contributed by atoms with Crippen molar-refractivity contribution in [3.8, 4) is 0 Å². The molecule has 118 valence electrons. The van der Waals surface area contributed by atoms with Gasteiger partial charge in [-0.25, -0.2) is 0 Å². The Kier molecular flexibility index (Phi) is 5.04. The number of amides is 1. The first-order chi connectivity index (χ1) is 11.8. The van der Waals surface area contributed by atoms with E-state index in [0.29, 0.717) is 5.69 Å². The highest BCUT2D eigenvalue weighted by Gasteiger charge is 2.15. The van der Waals surface area contributed by atoms with Crippen LogP contribution in [0.2, 0.25) is 0 Å². The highest BCUT2D eigenvalue weighted by Crippen LogP contribution is 2.21. The van der Waals surface area contributed by atoms with Gasteiger partial charge in [0.25, 0.3) is 0 Å². The maximum Gasteiger partial charge on any atom is 0.244 e. The van der Waals surface area contributed by atoms with E-state index < -0.39 is 0 Å². The van der Waals surface area contributed by atoms with Crippen LogP contribution in [0.3, 0.4) is 0 Å². The Morgan fingerprint density at radius 1 is 0.917 bits per heavy atom. The molecule has 0 saturated heterocycles. The molecule has 0 bridgehead atoms. The van der Waals surface area contributed by atoms with Gasteiger partial charge < -0.3 is 5.32 Å². The van der Waals surface area contributed by atoms with Gasteiger partial charge in [0.1, 0.15) is 0 Å². The third kappa shape index (κ3) is 4.10. The summed E-state index contributed by atoms with van der Waals surface area (Å²) in [5.41, 5.74) is 2.61. The Hall–Kier alpha value is -3.34. The standard InChI is InChI=1S/C19H16N4O/c24-18(7-6-17-14-21-12-13-22-17)23-19(15-4-2-1-3-5-15)16-8-10-20-11-9-16/h1-14,19H,(H,23,24). The highest BCUT2D eigenvalue weighted by molar-refractivity contribution is 5.92. The fourth-order valence-electron chi connectivity index (χ4n) is 2.31. The number of nitrogens with zero attached hydrogens (tertiary/aromatic N) is 3. The number of carbonyl (C=O) groups excluding carboxylic acids is 1. The van der Waals surface area contributed by atoms with E-state index in [2.05, 4.69) is 20.3 Å². The van der Waals surface area contributed by atoms with Crippen LogP contribution in [0.15, 0.2) is 79.5 Å². The minimum Gasteiger partial charge on any atom is -0.342 e. The zero-order chi connectivity index (χ0) is 16.6. The molecule has 1 N–H and O–H groups in total. The maximum atomic E-state index is 12.3. The topological polar surface area (TPSA) is 67.8 Å². The summed E-state index contributed by atoms with van der Waals surface area (Å²) in [6.07, 6.45) is 11.3. The number of aromatic nitrogens is 3. The first-order valence-electron chi connectivity index (χ1n) is 7.52. The lowest BCUT2D eigenvalue weighted by atomic mass is 9.99. The summed E-state index contributed by atoms with van der Waals surface area (Å²) in [7, 11) is 0. The second-order valence-corrected chi connectivity index (χ2v) is 5.10. The Bertz CT molecular complexity index is 765. The van der Waals surface area contributed by atoms with E-state index in [0.717, 1.165) is 11.1 Å². The minimum absolute atomic E-state index is 0.202. The van der Waals surface area contributed by atoms with Gasteiger partial charge in [-0.3, -0.25) is 19.7 Å². The second kappa shape index (κ2) is 7.78. The lowest BCUT2D eigenvalue weighted by Crippen LogP contribution is -2.27. The maximum absolute atomic E-state index is 12.3. The van der Waals surface area contributed by atoms with E-state index in [9.17, 15) is 4.79 Å². The fraction of sp³-hybridized carbons (Fsp3) is 0.0526. The largest absolute Gasteiger partial charge is 0.342 e. The molecule has 0 aliphatic heterocycles. The molecule has 2 aromatic heterocycles. The lowest BCUT2D eigenvalue weighted by molar-refractivity contribution is -0.116. The molecule has 1 amide bonds. The second-order valence-electron chi connectivity index (χ2n) is 5.10. The van der Waals surface area contributed by atoms with Gasteiger partial charge in [0.2, 0.25) is 5.91 Å². The molecule has 1 atom stereocenters. The van der Waals surface area contributed by atoms with Crippen LogP contribution in [-0.4, -0.2) is 20.9 Å². The van der Waals surface area contributed by atoms with E-state index in [1.54, 1.807) is 37.1 Å². The van der Waals surface area contributed by atoms with E-state index in [1.807, 2.05) is 42.5 Å². The number of hydrogen-bond acceptors (Lipinski definition) is 4. The van der Waals surface area contributed by atoms with Crippen molar-refractivity contribution in [2.24, 2.45) is 0 Å². The van der Waals surface area contributed by atoms with Crippen molar-refractivity contribution in [3.05, 3.63) is 96.3 Å². The number of carbonyl (C=O) groups is 1. The summed E-state index contributed by atoms with van der Waals surface area (Å²) in [6.45, 7) is 0. The van der Waals surface area contributed by atoms with Crippen molar-refractivity contribution in [2.45, 2.75) is 6.04 Å². The molecule has 3 rings (SSSR count). The van der Waals surface area contributed by atoms with Crippen LogP contribution in [0.5, 0.6) is 0 Å². The molecule has 5 heteroatoms. The quantitative estimate of drug-likeness (QED) is 0.735. The monoisotopic (exact) mass is 316 g/mol. The van der Waals surface area contributed by atoms with Crippen LogP contribution in [0.1, 0.15) is 22.9 Å². The molecule has 0 aliphatic carbocycles. The molecule has 5 nitrogen and oxygen atoms in total. The van der Waals surface area contributed by atoms with Crippen LogP contribution >= 0.6 is 0 Å². The molecule has 1 unspecified atom stereocenters. The first-order valence-corrected chi connectivity index (χ1v) is 7.52. The van der Waals surface area contributed by atoms with Gasteiger partial charge in [0, 0.05) is 30.9 Å². The molecule has 1 aromatic carbocycles. The number of pyridine rings is 1. The number of nitrogens with one attached hydrogen (secondary N) is 1. The number of rotatable bonds is 5. The summed E-state index contributed by atoms with van der Waals surface area (Å²) in [5, 5.41) is 3.02. The van der Waals surface area contributed by atoms with Crippen molar-refractivity contribution < 1.29 is 4.79 Å². The zero-order valence-electron chi connectivity index (χ0n) is 12.9. The average Bonchev–Trinajstić information content (AvgIpc) is 2.67. The first kappa shape index (κ1) is 15.6. The summed E-state index contributed by atoms with van der Waals surface area (Å²) < 4.78 is 0. The van der Waals surface area contributed by atoms with Gasteiger partial charge in [-0.05, 0) is 29.3 Å². The molecule has 0 radical (unpaired) electrons. The van der Waals surface area contributed by atoms with Gasteiger partial charge >= 0.3 is 0 Å². The summed E-state index contributed by atoms with van der Waals surface area (Å²) in [4.78, 5) is 24.4. The fourth-order valence-corrected chi connectivity index (χ4v) is 2.31. The minimum atomic E-state index is -0.242. The molecule has 0 saturated carbocycles. The smallest absolute Gasteiger partial charge is 0.244 e. The predicted octanol–water partition coefficient (Wildman–Crippen LogP) is 2.79. The molecule has 2 heterocycles. The summed E-state index contributed by atoms with van der Waals surface area (Å²) in [6, 6.07) is 13.4. The zero-order valence-corrected chi connectivity index (χ0v) is 12.9. The van der Waals surface area contributed by atoms with E-state index in [-0.39, 0.29) is 11.9 Å². The van der Waals surface area contributed by atoms with Crippen molar-refractivity contribution in [1.82, 2.24) is 20.3 Å². The molecule has 0 spiro atoms. The molecular formula is C19H16N4O. The Balaban J connectivity index is 1.80. The van der Waals surface area contributed by atoms with Crippen LogP contribution in [0, 0.1) is 0 Å². The summed E-state index contributed by atoms with van der Waals surface area (Å²) in [5.74, 6) is -0.202. The van der Waals surface area contributed by atoms with Crippen LogP contribution in [0.25, 0.3) is 6.08 Å². The lowest BCUT2D eigenvalue weighted by Gasteiger charge is -2.18. The van der Waals surface area contributed by atoms with Crippen LogP contribution in [-0.2, 0) is 4.79 Å². The van der Waals surface area contributed by atoms with E-state index in [4.69, 9.17) is 0 Å². The van der Waals surface area contributed by atoms with E-state index >= 15 is 0 Å². The average molecular weight is 316 g/mol. The summed E-state index contributed by atoms with van der Waals surface area (Å²) >= 11 is 0. The van der Waals surface area contributed by atoms with E-state index in [1.165, 1.54) is 6.08 Å². The van der Waals surface area contributed by atoms with Gasteiger partial charge in [0.15, 0.2) is 0 Å². The van der Waals surface area contributed by atoms with Gasteiger partial charge in [-0.2, -0.15) is 0 Å². The predicted molar refractivity (Wildman–Crippen MR) is 91.7 cm³/mol. The molecule has 0 fully saturated rings.